The van der Waals surface area contributed by atoms with Crippen LogP contribution in [-0.2, 0) is 6.42 Å². The zero-order valence-electron chi connectivity index (χ0n) is 28.3. The highest BCUT2D eigenvalue weighted by molar-refractivity contribution is 7.25. The molecule has 0 saturated carbocycles. The van der Waals surface area contributed by atoms with Crippen molar-refractivity contribution in [2.24, 2.45) is 0 Å². The van der Waals surface area contributed by atoms with Crippen LogP contribution in [-0.4, -0.2) is 4.57 Å². The number of benzene rings is 8. The molecule has 8 aromatic carbocycles. The minimum Gasteiger partial charge on any atom is -0.398 e. The summed E-state index contributed by atoms with van der Waals surface area (Å²) in [6, 6.07) is 60.0. The highest BCUT2D eigenvalue weighted by Gasteiger charge is 2.24. The maximum Gasteiger partial charge on any atom is 0.0541 e. The van der Waals surface area contributed by atoms with E-state index in [2.05, 4.69) is 168 Å². The van der Waals surface area contributed by atoms with Crippen LogP contribution in [0.5, 0.6) is 0 Å². The Labute approximate surface area is 305 Å². The zero-order chi connectivity index (χ0) is 34.3. The third-order valence-corrected chi connectivity index (χ3v) is 12.1. The van der Waals surface area contributed by atoms with Crippen molar-refractivity contribution in [1.82, 2.24) is 4.57 Å². The molecule has 10 aromatic rings. The number of allylic oxidation sites excluding steroid dienone is 1. The van der Waals surface area contributed by atoms with Crippen LogP contribution >= 0.6 is 11.3 Å². The van der Waals surface area contributed by atoms with Crippen molar-refractivity contribution in [3.63, 3.8) is 0 Å². The van der Waals surface area contributed by atoms with Gasteiger partial charge in [-0.15, -0.1) is 11.3 Å². The molecule has 0 radical (unpaired) electrons. The number of hydrogen-bond donors (Lipinski definition) is 1. The van der Waals surface area contributed by atoms with Gasteiger partial charge in [-0.1, -0.05) is 115 Å². The Hall–Kier alpha value is -6.42. The van der Waals surface area contributed by atoms with Crippen LogP contribution in [0.2, 0.25) is 0 Å². The number of nitrogen functional groups attached to an aromatic ring is 1. The second-order valence-corrected chi connectivity index (χ2v) is 15.0. The summed E-state index contributed by atoms with van der Waals surface area (Å²) in [5.41, 5.74) is 20.9. The summed E-state index contributed by atoms with van der Waals surface area (Å²) in [4.78, 5) is 0. The van der Waals surface area contributed by atoms with Crippen LogP contribution in [0.15, 0.2) is 170 Å². The lowest BCUT2D eigenvalue weighted by Gasteiger charge is -2.11. The van der Waals surface area contributed by atoms with Crippen molar-refractivity contribution in [1.29, 1.82) is 0 Å². The molecule has 0 unspecified atom stereocenters. The molecule has 0 atom stereocenters. The Kier molecular flexibility index (Phi) is 6.37. The topological polar surface area (TPSA) is 30.9 Å². The predicted molar refractivity (Wildman–Crippen MR) is 224 cm³/mol. The Bertz CT molecular complexity index is 3120. The van der Waals surface area contributed by atoms with E-state index in [0.717, 1.165) is 17.7 Å². The number of aromatic nitrogens is 1. The number of para-hydroxylation sites is 1. The van der Waals surface area contributed by atoms with E-state index in [1.54, 1.807) is 0 Å². The van der Waals surface area contributed by atoms with Gasteiger partial charge in [-0.2, -0.15) is 0 Å². The quantitative estimate of drug-likeness (QED) is 0.184. The fraction of sp³-hybridized carbons (Fsp3) is 0.0204. The van der Waals surface area contributed by atoms with E-state index in [0.29, 0.717) is 0 Å². The van der Waals surface area contributed by atoms with Gasteiger partial charge in [-0.3, -0.25) is 0 Å². The van der Waals surface area contributed by atoms with E-state index in [-0.39, 0.29) is 0 Å². The van der Waals surface area contributed by atoms with Gasteiger partial charge >= 0.3 is 0 Å². The first-order valence-electron chi connectivity index (χ1n) is 17.8. The Morgan fingerprint density at radius 1 is 0.500 bits per heavy atom. The molecule has 0 fully saturated rings. The van der Waals surface area contributed by atoms with Crippen molar-refractivity contribution in [3.8, 4) is 27.9 Å². The summed E-state index contributed by atoms with van der Waals surface area (Å²) in [6.07, 6.45) is 3.18. The fourth-order valence-electron chi connectivity index (χ4n) is 8.50. The molecule has 52 heavy (non-hydrogen) atoms. The number of thiophene rings is 1. The lowest BCUT2D eigenvalue weighted by atomic mass is 9.98. The molecule has 0 saturated heterocycles. The molecule has 1 aliphatic carbocycles. The second-order valence-electron chi connectivity index (χ2n) is 13.9. The van der Waals surface area contributed by atoms with E-state index < -0.39 is 0 Å². The van der Waals surface area contributed by atoms with Crippen LogP contribution < -0.4 is 5.73 Å². The average Bonchev–Trinajstić information content (AvgIpc) is 3.84. The number of rotatable bonds is 4. The second kappa shape index (κ2) is 11.3. The van der Waals surface area contributed by atoms with Crippen LogP contribution in [0.4, 0.5) is 5.69 Å². The highest BCUT2D eigenvalue weighted by atomic mass is 32.1. The molecule has 0 amide bonds. The normalized spacial score (nSPS) is 13.2. The van der Waals surface area contributed by atoms with Gasteiger partial charge in [0.15, 0.2) is 0 Å². The number of anilines is 1. The molecule has 11 rings (SSSR count). The van der Waals surface area contributed by atoms with E-state index in [9.17, 15) is 0 Å². The van der Waals surface area contributed by atoms with E-state index in [1.807, 2.05) is 17.4 Å². The lowest BCUT2D eigenvalue weighted by Crippen LogP contribution is -1.94. The fourth-order valence-corrected chi connectivity index (χ4v) is 9.59. The Morgan fingerprint density at radius 2 is 1.19 bits per heavy atom. The first-order valence-corrected chi connectivity index (χ1v) is 18.7. The van der Waals surface area contributed by atoms with Crippen molar-refractivity contribution < 1.29 is 0 Å². The molecule has 2 heterocycles. The summed E-state index contributed by atoms with van der Waals surface area (Å²) >= 11 is 1.87. The van der Waals surface area contributed by atoms with Crippen molar-refractivity contribution in [2.75, 3.05) is 5.73 Å². The third kappa shape index (κ3) is 4.43. The van der Waals surface area contributed by atoms with Gasteiger partial charge < -0.3 is 10.3 Å². The maximum absolute atomic E-state index is 6.53. The molecule has 0 spiro atoms. The smallest absolute Gasteiger partial charge is 0.0541 e. The zero-order valence-corrected chi connectivity index (χ0v) is 29.1. The number of hydrogen-bond acceptors (Lipinski definition) is 2. The standard InChI is InChI=1S/C49H32N2S/c50-44-13-7-12-40-36-8-1-2-9-37(36)41(49(40)44)23-17-30-16-18-32-27-35(22-19-31(32)26-30)51-45-14-5-3-10-38(45)42-28-33(20-24-46(42)51)34-21-25-48-43(29-34)39-11-4-6-15-47(39)52-48/h1-16,18-29H,17,50H2/b41-23-. The van der Waals surface area contributed by atoms with Gasteiger partial charge in [-0.05, 0) is 111 Å². The number of nitrogens with two attached hydrogens (primary N) is 1. The molecule has 2 nitrogen and oxygen atoms in total. The summed E-state index contributed by atoms with van der Waals surface area (Å²) in [7, 11) is 0. The molecule has 244 valence electrons. The summed E-state index contributed by atoms with van der Waals surface area (Å²) in [5, 5.41) is 7.66. The number of nitrogens with zero attached hydrogens (tertiary/aromatic N) is 1. The van der Waals surface area contributed by atoms with E-state index >= 15 is 0 Å². The van der Waals surface area contributed by atoms with Crippen molar-refractivity contribution in [3.05, 3.63) is 187 Å². The van der Waals surface area contributed by atoms with Gasteiger partial charge in [-0.25, -0.2) is 0 Å². The summed E-state index contributed by atoms with van der Waals surface area (Å²) in [6.45, 7) is 0. The van der Waals surface area contributed by atoms with E-state index in [4.69, 9.17) is 5.73 Å². The minimum atomic E-state index is 0.833. The van der Waals surface area contributed by atoms with Crippen LogP contribution in [0, 0.1) is 0 Å². The monoisotopic (exact) mass is 680 g/mol. The molecule has 2 aromatic heterocycles. The first-order chi connectivity index (χ1) is 25.7. The number of fused-ring (bicyclic) bond motifs is 10. The van der Waals surface area contributed by atoms with Crippen molar-refractivity contribution >= 4 is 75.3 Å². The van der Waals surface area contributed by atoms with Crippen LogP contribution in [0.3, 0.4) is 0 Å². The maximum atomic E-state index is 6.53. The van der Waals surface area contributed by atoms with Crippen LogP contribution in [0.25, 0.3) is 86.3 Å². The minimum absolute atomic E-state index is 0.833. The highest BCUT2D eigenvalue weighted by Crippen LogP contribution is 2.47. The van der Waals surface area contributed by atoms with Gasteiger partial charge in [0.1, 0.15) is 0 Å². The van der Waals surface area contributed by atoms with Gasteiger partial charge in [0.2, 0.25) is 0 Å². The van der Waals surface area contributed by atoms with E-state index in [1.165, 1.54) is 97.4 Å². The molecular formula is C49H32N2S. The molecule has 0 bridgehead atoms. The van der Waals surface area contributed by atoms with Gasteiger partial charge in [0, 0.05) is 47.9 Å². The average molecular weight is 681 g/mol. The van der Waals surface area contributed by atoms with Gasteiger partial charge in [0.25, 0.3) is 0 Å². The first kappa shape index (κ1) is 29.3. The Morgan fingerprint density at radius 3 is 2.12 bits per heavy atom. The molecule has 1 aliphatic rings. The molecule has 2 N–H and O–H groups in total. The Balaban J connectivity index is 0.968. The van der Waals surface area contributed by atoms with Crippen molar-refractivity contribution in [2.45, 2.75) is 6.42 Å². The third-order valence-electron chi connectivity index (χ3n) is 10.9. The molecule has 0 aliphatic heterocycles. The molecule has 3 heteroatoms. The van der Waals surface area contributed by atoms with Gasteiger partial charge in [0.05, 0.1) is 11.0 Å². The summed E-state index contributed by atoms with van der Waals surface area (Å²) < 4.78 is 5.09. The predicted octanol–water partition coefficient (Wildman–Crippen LogP) is 13.2. The summed E-state index contributed by atoms with van der Waals surface area (Å²) in [5.74, 6) is 0. The molecular weight excluding hydrogens is 649 g/mol. The van der Waals surface area contributed by atoms with Crippen LogP contribution in [0.1, 0.15) is 16.7 Å². The SMILES string of the molecule is Nc1cccc2c1/C(=C\Cc1ccc3cc(-n4c5ccccc5c5cc(-c6ccc7sc8ccccc8c7c6)ccc54)ccc3c1)c1ccccc1-2. The largest absolute Gasteiger partial charge is 0.398 e. The lowest BCUT2D eigenvalue weighted by molar-refractivity contribution is 1.18.